The van der Waals surface area contributed by atoms with E-state index in [4.69, 9.17) is 33.4 Å². The molecule has 0 heterocycles. The number of carbonyl (C=O) groups excluding carboxylic acids is 1. The number of halogens is 2. The Morgan fingerprint density at radius 3 is 2.62 bits per heavy atom. The number of carboxylic acid groups (broad SMARTS) is 1. The van der Waals surface area contributed by atoms with Gasteiger partial charge in [0.1, 0.15) is 6.04 Å². The molecule has 0 radical (unpaired) electrons. The van der Waals surface area contributed by atoms with E-state index in [1.54, 1.807) is 18.2 Å². The van der Waals surface area contributed by atoms with Crippen LogP contribution in [0.3, 0.4) is 0 Å². The molecule has 0 aliphatic heterocycles. The molecule has 1 unspecified atom stereocenters. The molecule has 0 fully saturated rings. The predicted molar refractivity (Wildman–Crippen MR) is 80.8 cm³/mol. The van der Waals surface area contributed by atoms with Crippen LogP contribution in [0.5, 0.6) is 0 Å². The van der Waals surface area contributed by atoms with Crippen molar-refractivity contribution in [1.29, 1.82) is 0 Å². The Bertz CT molecular complexity index is 511. The Hall–Kier alpha value is -1.34. The summed E-state index contributed by atoms with van der Waals surface area (Å²) in [5, 5.41) is 23.4. The van der Waals surface area contributed by atoms with E-state index < -0.39 is 17.9 Å². The van der Waals surface area contributed by atoms with Crippen LogP contribution in [-0.4, -0.2) is 41.3 Å². The van der Waals surface area contributed by atoms with Gasteiger partial charge in [0.2, 0.25) is 5.91 Å². The fourth-order valence-corrected chi connectivity index (χ4v) is 1.94. The van der Waals surface area contributed by atoms with Crippen LogP contribution >= 0.6 is 23.2 Å². The fraction of sp³-hybridized carbons (Fsp3) is 0.385. The maximum Gasteiger partial charge on any atom is 0.321 e. The second-order valence-corrected chi connectivity index (χ2v) is 5.06. The van der Waals surface area contributed by atoms with Gasteiger partial charge in [-0.05, 0) is 25.1 Å². The third-order valence-corrected chi connectivity index (χ3v) is 3.46. The first-order chi connectivity index (χ1) is 9.95. The molecule has 0 saturated heterocycles. The van der Waals surface area contributed by atoms with E-state index in [1.165, 1.54) is 0 Å². The van der Waals surface area contributed by atoms with Crippen LogP contribution in [-0.2, 0) is 9.59 Å². The predicted octanol–water partition coefficient (Wildman–Crippen LogP) is 1.75. The highest BCUT2D eigenvalue weighted by atomic mass is 35.5. The van der Waals surface area contributed by atoms with Gasteiger partial charge >= 0.3 is 5.97 Å². The second kappa shape index (κ2) is 8.84. The molecule has 0 aliphatic carbocycles. The molecule has 1 aromatic carbocycles. The Morgan fingerprint density at radius 2 is 2.00 bits per heavy atom. The molecule has 1 atom stereocenters. The standard InChI is InChI=1S/C13H16Cl2N2O4/c14-8-3-1-4-9(12(8)15)17-11(19)7-10(13(20)21)16-5-2-6-18/h1,3-4,10,16,18H,2,5-7H2,(H,17,19)(H,20,21). The lowest BCUT2D eigenvalue weighted by Crippen LogP contribution is -2.40. The van der Waals surface area contributed by atoms with E-state index in [9.17, 15) is 9.59 Å². The van der Waals surface area contributed by atoms with Gasteiger partial charge in [-0.25, -0.2) is 0 Å². The largest absolute Gasteiger partial charge is 0.480 e. The molecule has 116 valence electrons. The topological polar surface area (TPSA) is 98.7 Å². The van der Waals surface area contributed by atoms with Crippen molar-refractivity contribution < 1.29 is 19.8 Å². The molecule has 0 bridgehead atoms. The lowest BCUT2D eigenvalue weighted by molar-refractivity contribution is -0.141. The van der Waals surface area contributed by atoms with Gasteiger partial charge in [0.05, 0.1) is 22.2 Å². The quantitative estimate of drug-likeness (QED) is 0.543. The number of carboxylic acids is 1. The van der Waals surface area contributed by atoms with E-state index in [2.05, 4.69) is 10.6 Å². The summed E-state index contributed by atoms with van der Waals surface area (Å²) < 4.78 is 0. The zero-order valence-electron chi connectivity index (χ0n) is 11.1. The number of hydrogen-bond acceptors (Lipinski definition) is 4. The first-order valence-electron chi connectivity index (χ1n) is 6.26. The van der Waals surface area contributed by atoms with E-state index in [0.29, 0.717) is 23.7 Å². The molecule has 0 aliphatic rings. The van der Waals surface area contributed by atoms with Crippen LogP contribution in [0, 0.1) is 0 Å². The highest BCUT2D eigenvalue weighted by molar-refractivity contribution is 6.43. The summed E-state index contributed by atoms with van der Waals surface area (Å²) in [5.41, 5.74) is 0.327. The molecule has 0 spiro atoms. The molecule has 1 aromatic rings. The molecule has 1 rings (SSSR count). The Kier molecular flexibility index (Phi) is 7.45. The molecule has 8 heteroatoms. The van der Waals surface area contributed by atoms with Gasteiger partial charge in [-0.3, -0.25) is 9.59 Å². The Morgan fingerprint density at radius 1 is 1.29 bits per heavy atom. The molecular weight excluding hydrogens is 319 g/mol. The van der Waals surface area contributed by atoms with Crippen molar-refractivity contribution in [3.63, 3.8) is 0 Å². The average Bonchev–Trinajstić information content (AvgIpc) is 2.43. The molecule has 1 amide bonds. The van der Waals surface area contributed by atoms with Crippen molar-refractivity contribution in [2.24, 2.45) is 0 Å². The highest BCUT2D eigenvalue weighted by Gasteiger charge is 2.21. The van der Waals surface area contributed by atoms with Crippen LogP contribution in [0.2, 0.25) is 10.0 Å². The molecule has 21 heavy (non-hydrogen) atoms. The molecule has 0 aromatic heterocycles. The Balaban J connectivity index is 2.61. The van der Waals surface area contributed by atoms with Crippen molar-refractivity contribution in [2.75, 3.05) is 18.5 Å². The van der Waals surface area contributed by atoms with Crippen LogP contribution in [0.4, 0.5) is 5.69 Å². The minimum absolute atomic E-state index is 0.0519. The van der Waals surface area contributed by atoms with Crippen LogP contribution in [0.1, 0.15) is 12.8 Å². The zero-order chi connectivity index (χ0) is 15.8. The molecule has 6 nitrogen and oxygen atoms in total. The number of benzene rings is 1. The lowest BCUT2D eigenvalue weighted by Gasteiger charge is -2.14. The normalized spacial score (nSPS) is 12.0. The van der Waals surface area contributed by atoms with E-state index in [-0.39, 0.29) is 18.1 Å². The van der Waals surface area contributed by atoms with Crippen molar-refractivity contribution >= 4 is 40.8 Å². The van der Waals surface area contributed by atoms with Gasteiger partial charge in [-0.1, -0.05) is 29.3 Å². The van der Waals surface area contributed by atoms with Gasteiger partial charge in [0, 0.05) is 6.61 Å². The minimum atomic E-state index is -1.14. The third-order valence-electron chi connectivity index (χ3n) is 2.64. The first-order valence-corrected chi connectivity index (χ1v) is 7.02. The highest BCUT2D eigenvalue weighted by Crippen LogP contribution is 2.29. The number of hydrogen-bond donors (Lipinski definition) is 4. The number of aliphatic hydroxyl groups excluding tert-OH is 1. The van der Waals surface area contributed by atoms with Crippen LogP contribution < -0.4 is 10.6 Å². The van der Waals surface area contributed by atoms with Crippen molar-refractivity contribution in [1.82, 2.24) is 5.32 Å². The number of nitrogens with one attached hydrogen (secondary N) is 2. The van der Waals surface area contributed by atoms with E-state index in [0.717, 1.165) is 0 Å². The summed E-state index contributed by atoms with van der Waals surface area (Å²) in [6.45, 7) is 0.252. The van der Waals surface area contributed by atoms with Gasteiger partial charge in [-0.2, -0.15) is 0 Å². The van der Waals surface area contributed by atoms with Gasteiger partial charge in [-0.15, -0.1) is 0 Å². The SMILES string of the molecule is O=C(CC(NCCCO)C(=O)O)Nc1cccc(Cl)c1Cl. The maximum absolute atomic E-state index is 11.9. The minimum Gasteiger partial charge on any atom is -0.480 e. The lowest BCUT2D eigenvalue weighted by atomic mass is 10.2. The maximum atomic E-state index is 11.9. The summed E-state index contributed by atoms with van der Waals surface area (Å²) in [4.78, 5) is 22.9. The van der Waals surface area contributed by atoms with Gasteiger partial charge in [0.25, 0.3) is 0 Å². The fourth-order valence-electron chi connectivity index (χ4n) is 1.59. The summed E-state index contributed by atoms with van der Waals surface area (Å²) in [6, 6.07) is 3.74. The van der Waals surface area contributed by atoms with Crippen LogP contribution in [0.25, 0.3) is 0 Å². The van der Waals surface area contributed by atoms with Crippen molar-refractivity contribution in [3.05, 3.63) is 28.2 Å². The van der Waals surface area contributed by atoms with E-state index >= 15 is 0 Å². The second-order valence-electron chi connectivity index (χ2n) is 4.28. The van der Waals surface area contributed by atoms with Crippen molar-refractivity contribution in [2.45, 2.75) is 18.9 Å². The summed E-state index contributed by atoms with van der Waals surface area (Å²) in [5.74, 6) is -1.64. The number of carbonyl (C=O) groups is 2. The van der Waals surface area contributed by atoms with Crippen LogP contribution in [0.15, 0.2) is 18.2 Å². The molecular formula is C13H16Cl2N2O4. The zero-order valence-corrected chi connectivity index (χ0v) is 12.6. The first kappa shape index (κ1) is 17.7. The number of anilines is 1. The van der Waals surface area contributed by atoms with Crippen molar-refractivity contribution in [3.8, 4) is 0 Å². The summed E-state index contributed by atoms with van der Waals surface area (Å²) >= 11 is 11.8. The number of aliphatic carboxylic acids is 1. The average molecular weight is 335 g/mol. The monoisotopic (exact) mass is 334 g/mol. The Labute approximate surface area is 132 Å². The van der Waals surface area contributed by atoms with Gasteiger partial charge in [0.15, 0.2) is 0 Å². The van der Waals surface area contributed by atoms with E-state index in [1.807, 2.05) is 0 Å². The number of amides is 1. The molecule has 4 N–H and O–H groups in total. The summed E-state index contributed by atoms with van der Waals surface area (Å²) in [6.07, 6.45) is 0.148. The number of aliphatic hydroxyl groups is 1. The number of rotatable bonds is 8. The van der Waals surface area contributed by atoms with Gasteiger partial charge < -0.3 is 20.8 Å². The smallest absolute Gasteiger partial charge is 0.321 e. The summed E-state index contributed by atoms with van der Waals surface area (Å²) in [7, 11) is 0. The third kappa shape index (κ3) is 5.89. The molecule has 0 saturated carbocycles.